The summed E-state index contributed by atoms with van der Waals surface area (Å²) in [6.45, 7) is 0. The predicted molar refractivity (Wildman–Crippen MR) is 43.0 cm³/mol. The van der Waals surface area contributed by atoms with Crippen LogP contribution in [0.2, 0.25) is 0 Å². The average Bonchev–Trinajstić information content (AvgIpc) is 2.05. The molecule has 0 saturated heterocycles. The molecule has 0 heterocycles. The van der Waals surface area contributed by atoms with Gasteiger partial charge in [0.2, 0.25) is 0 Å². The van der Waals surface area contributed by atoms with Crippen molar-refractivity contribution in [1.29, 1.82) is 0 Å². The molecule has 2 aliphatic rings. The summed E-state index contributed by atoms with van der Waals surface area (Å²) in [7, 11) is 0. The summed E-state index contributed by atoms with van der Waals surface area (Å²) < 4.78 is 0. The monoisotopic (exact) mass is 135 g/mol. The molecule has 0 spiro atoms. The fourth-order valence-corrected chi connectivity index (χ4v) is 2.22. The van der Waals surface area contributed by atoms with Crippen LogP contribution in [0.3, 0.4) is 0 Å². The molecule has 3 radical (unpaired) electrons. The van der Waals surface area contributed by atoms with Crippen molar-refractivity contribution in [3.63, 3.8) is 0 Å². The lowest BCUT2D eigenvalue weighted by molar-refractivity contribution is 0.273. The first-order valence-electron chi connectivity index (χ1n) is 4.45. The van der Waals surface area contributed by atoms with E-state index < -0.39 is 0 Å². The average molecular weight is 135 g/mol. The van der Waals surface area contributed by atoms with E-state index in [0.717, 1.165) is 11.8 Å². The van der Waals surface area contributed by atoms with E-state index in [1.165, 1.54) is 32.1 Å². The molecule has 0 aromatic rings. The molecule has 0 aromatic heterocycles. The van der Waals surface area contributed by atoms with E-state index >= 15 is 0 Å². The lowest BCUT2D eigenvalue weighted by Gasteiger charge is -2.34. The topological polar surface area (TPSA) is 0 Å². The molecule has 0 aliphatic heterocycles. The molecule has 2 fully saturated rings. The Kier molecular flexibility index (Phi) is 1.97. The van der Waals surface area contributed by atoms with Gasteiger partial charge in [0.15, 0.2) is 0 Å². The standard InChI is InChI=1S/C10H15/c1-2-6-10-8-4-3-7-9(10)5-1/h1-2,7,9-10H,3-6,8H2. The molecule has 0 nitrogen and oxygen atoms in total. The Bertz CT molecular complexity index is 80.6. The second-order valence-electron chi connectivity index (χ2n) is 3.53. The zero-order valence-electron chi connectivity index (χ0n) is 6.42. The Morgan fingerprint density at radius 3 is 2.90 bits per heavy atom. The van der Waals surface area contributed by atoms with Gasteiger partial charge in [0.25, 0.3) is 0 Å². The van der Waals surface area contributed by atoms with Crippen LogP contribution < -0.4 is 0 Å². The smallest absolute Gasteiger partial charge is 0.0349 e. The maximum absolute atomic E-state index is 2.54. The molecule has 0 amide bonds. The lowest BCUT2D eigenvalue weighted by Crippen LogP contribution is -2.23. The molecule has 2 rings (SSSR count). The fourth-order valence-electron chi connectivity index (χ4n) is 2.22. The Morgan fingerprint density at radius 1 is 1.10 bits per heavy atom. The van der Waals surface area contributed by atoms with Gasteiger partial charge in [-0.1, -0.05) is 12.8 Å². The third kappa shape index (κ3) is 1.21. The summed E-state index contributed by atoms with van der Waals surface area (Å²) in [5, 5.41) is 0. The van der Waals surface area contributed by atoms with Gasteiger partial charge < -0.3 is 0 Å². The summed E-state index contributed by atoms with van der Waals surface area (Å²) in [5.74, 6) is 1.96. The van der Waals surface area contributed by atoms with Crippen LogP contribution in [0, 0.1) is 31.1 Å². The zero-order chi connectivity index (χ0) is 6.81. The van der Waals surface area contributed by atoms with Crippen molar-refractivity contribution < 1.29 is 0 Å². The van der Waals surface area contributed by atoms with Gasteiger partial charge >= 0.3 is 0 Å². The van der Waals surface area contributed by atoms with E-state index in [-0.39, 0.29) is 0 Å². The van der Waals surface area contributed by atoms with Gasteiger partial charge in [-0.2, -0.15) is 0 Å². The molecule has 2 unspecified atom stereocenters. The SMILES string of the molecule is [CH]1[CH]CC2CCC[CH]C2C1. The quantitative estimate of drug-likeness (QED) is 0.479. The summed E-state index contributed by atoms with van der Waals surface area (Å²) >= 11 is 0. The van der Waals surface area contributed by atoms with Crippen molar-refractivity contribution in [3.8, 4) is 0 Å². The van der Waals surface area contributed by atoms with Crippen LogP contribution in [0.5, 0.6) is 0 Å². The Balaban J connectivity index is 1.93. The van der Waals surface area contributed by atoms with E-state index in [4.69, 9.17) is 0 Å². The van der Waals surface area contributed by atoms with Crippen LogP contribution in [-0.4, -0.2) is 0 Å². The van der Waals surface area contributed by atoms with Gasteiger partial charge in [-0.25, -0.2) is 0 Å². The lowest BCUT2D eigenvalue weighted by atomic mass is 9.71. The van der Waals surface area contributed by atoms with Gasteiger partial charge in [0, 0.05) is 0 Å². The summed E-state index contributed by atoms with van der Waals surface area (Å²) in [6.07, 6.45) is 14.2. The van der Waals surface area contributed by atoms with E-state index in [9.17, 15) is 0 Å². The van der Waals surface area contributed by atoms with Crippen molar-refractivity contribution in [3.05, 3.63) is 19.3 Å². The first-order valence-corrected chi connectivity index (χ1v) is 4.45. The molecular formula is C10H15. The van der Waals surface area contributed by atoms with E-state index in [1.54, 1.807) is 0 Å². The van der Waals surface area contributed by atoms with Crippen molar-refractivity contribution in [1.82, 2.24) is 0 Å². The van der Waals surface area contributed by atoms with Crippen LogP contribution in [0.15, 0.2) is 0 Å². The number of hydrogen-bond donors (Lipinski definition) is 0. The summed E-state index contributed by atoms with van der Waals surface area (Å²) in [6, 6.07) is 0. The predicted octanol–water partition coefficient (Wildman–Crippen LogP) is 2.81. The van der Waals surface area contributed by atoms with Crippen LogP contribution in [0.4, 0.5) is 0 Å². The Labute approximate surface area is 64.0 Å². The number of rotatable bonds is 0. The number of hydrogen-bond acceptors (Lipinski definition) is 0. The highest BCUT2D eigenvalue weighted by atomic mass is 14.3. The highest BCUT2D eigenvalue weighted by Gasteiger charge is 2.27. The minimum Gasteiger partial charge on any atom is -0.0527 e. The Morgan fingerprint density at radius 2 is 2.00 bits per heavy atom. The second kappa shape index (κ2) is 2.94. The highest BCUT2D eigenvalue weighted by Crippen LogP contribution is 2.38. The van der Waals surface area contributed by atoms with Crippen molar-refractivity contribution in [2.75, 3.05) is 0 Å². The first kappa shape index (κ1) is 6.69. The van der Waals surface area contributed by atoms with Crippen LogP contribution in [0.25, 0.3) is 0 Å². The van der Waals surface area contributed by atoms with Gasteiger partial charge in [0.1, 0.15) is 0 Å². The summed E-state index contributed by atoms with van der Waals surface area (Å²) in [4.78, 5) is 0. The van der Waals surface area contributed by atoms with E-state index in [2.05, 4.69) is 19.3 Å². The summed E-state index contributed by atoms with van der Waals surface area (Å²) in [5.41, 5.74) is 0. The Hall–Kier alpha value is 0. The van der Waals surface area contributed by atoms with Gasteiger partial charge in [-0.15, -0.1) is 0 Å². The van der Waals surface area contributed by atoms with Gasteiger partial charge in [-0.3, -0.25) is 0 Å². The van der Waals surface area contributed by atoms with Gasteiger partial charge in [-0.05, 0) is 50.4 Å². The molecule has 2 aliphatic carbocycles. The van der Waals surface area contributed by atoms with Crippen molar-refractivity contribution in [2.45, 2.75) is 32.1 Å². The fraction of sp³-hybridized carbons (Fsp3) is 0.700. The minimum absolute atomic E-state index is 0.943. The third-order valence-electron chi connectivity index (χ3n) is 2.87. The molecule has 0 heteroatoms. The van der Waals surface area contributed by atoms with Crippen LogP contribution in [-0.2, 0) is 0 Å². The highest BCUT2D eigenvalue weighted by molar-refractivity contribution is 5.01. The van der Waals surface area contributed by atoms with E-state index in [0.29, 0.717) is 0 Å². The number of fused-ring (bicyclic) bond motifs is 1. The third-order valence-corrected chi connectivity index (χ3v) is 2.87. The largest absolute Gasteiger partial charge is 0.0527 e. The van der Waals surface area contributed by atoms with Crippen LogP contribution >= 0.6 is 0 Å². The molecule has 2 saturated carbocycles. The zero-order valence-corrected chi connectivity index (χ0v) is 6.42. The first-order chi connectivity index (χ1) is 4.97. The maximum Gasteiger partial charge on any atom is -0.0349 e. The van der Waals surface area contributed by atoms with Crippen LogP contribution in [0.1, 0.15) is 32.1 Å². The molecule has 0 N–H and O–H groups in total. The molecule has 2 atom stereocenters. The van der Waals surface area contributed by atoms with Gasteiger partial charge in [0.05, 0.1) is 0 Å². The molecule has 55 valence electrons. The molecular weight excluding hydrogens is 120 g/mol. The normalized spacial score (nSPS) is 40.8. The maximum atomic E-state index is 2.54. The minimum atomic E-state index is 0.943. The molecule has 0 aromatic carbocycles. The second-order valence-corrected chi connectivity index (χ2v) is 3.53. The molecule has 10 heavy (non-hydrogen) atoms. The van der Waals surface area contributed by atoms with Crippen molar-refractivity contribution >= 4 is 0 Å². The molecule has 0 bridgehead atoms. The van der Waals surface area contributed by atoms with Crippen molar-refractivity contribution in [2.24, 2.45) is 11.8 Å². The van der Waals surface area contributed by atoms with E-state index in [1.807, 2.05) is 0 Å².